The highest BCUT2D eigenvalue weighted by Gasteiger charge is 2.11. The molecule has 0 radical (unpaired) electrons. The van der Waals surface area contributed by atoms with E-state index >= 15 is 0 Å². The maximum absolute atomic E-state index is 13.4. The largest absolute Gasteiger partial charge is 0.396 e. The Kier molecular flexibility index (Phi) is 6.09. The summed E-state index contributed by atoms with van der Waals surface area (Å²) in [6.07, 6.45) is 0. The fourth-order valence-electron chi connectivity index (χ4n) is 1.93. The van der Waals surface area contributed by atoms with Crippen LogP contribution in [0, 0.1) is 11.7 Å². The zero-order valence-corrected chi connectivity index (χ0v) is 11.4. The molecule has 0 saturated carbocycles. The van der Waals surface area contributed by atoms with E-state index < -0.39 is 0 Å². The van der Waals surface area contributed by atoms with Gasteiger partial charge < -0.3 is 10.5 Å². The van der Waals surface area contributed by atoms with Crippen molar-refractivity contribution in [2.24, 2.45) is 5.92 Å². The lowest BCUT2D eigenvalue weighted by atomic mass is 10.1. The number of halogens is 1. The molecule has 0 aliphatic rings. The van der Waals surface area contributed by atoms with E-state index in [-0.39, 0.29) is 11.5 Å². The van der Waals surface area contributed by atoms with Gasteiger partial charge in [-0.2, -0.15) is 0 Å². The molecule has 0 atom stereocenters. The molecule has 0 heterocycles. The lowest BCUT2D eigenvalue weighted by Gasteiger charge is -2.24. The topological polar surface area (TPSA) is 38.5 Å². The summed E-state index contributed by atoms with van der Waals surface area (Å²) in [5.41, 5.74) is 6.85. The van der Waals surface area contributed by atoms with Gasteiger partial charge in [-0.25, -0.2) is 4.39 Å². The highest BCUT2D eigenvalue weighted by Crippen LogP contribution is 2.18. The Bertz CT molecular complexity index is 369. The SMILES string of the molecule is COCCN(Cc1cccc(F)c1N)CC(C)C. The molecule has 0 saturated heterocycles. The quantitative estimate of drug-likeness (QED) is 0.760. The molecule has 1 aromatic rings. The second-order valence-corrected chi connectivity index (χ2v) is 4.93. The van der Waals surface area contributed by atoms with E-state index in [2.05, 4.69) is 18.7 Å². The predicted molar refractivity (Wildman–Crippen MR) is 72.8 cm³/mol. The molecular formula is C14H23FN2O. The van der Waals surface area contributed by atoms with Crippen LogP contribution >= 0.6 is 0 Å². The zero-order valence-electron chi connectivity index (χ0n) is 11.4. The minimum Gasteiger partial charge on any atom is -0.396 e. The van der Waals surface area contributed by atoms with Crippen molar-refractivity contribution in [3.8, 4) is 0 Å². The average Bonchev–Trinajstić information content (AvgIpc) is 2.31. The molecule has 3 nitrogen and oxygen atoms in total. The minimum atomic E-state index is -0.344. The molecule has 0 aliphatic carbocycles. The fraction of sp³-hybridized carbons (Fsp3) is 0.571. The number of benzene rings is 1. The smallest absolute Gasteiger partial charge is 0.146 e. The fourth-order valence-corrected chi connectivity index (χ4v) is 1.93. The summed E-state index contributed by atoms with van der Waals surface area (Å²) in [6.45, 7) is 7.42. The number of ether oxygens (including phenoxy) is 1. The molecule has 0 fully saturated rings. The highest BCUT2D eigenvalue weighted by molar-refractivity contribution is 5.47. The molecule has 0 aromatic heterocycles. The third-order valence-electron chi connectivity index (χ3n) is 2.77. The second kappa shape index (κ2) is 7.34. The van der Waals surface area contributed by atoms with E-state index in [4.69, 9.17) is 10.5 Å². The van der Waals surface area contributed by atoms with Gasteiger partial charge >= 0.3 is 0 Å². The van der Waals surface area contributed by atoms with Crippen LogP contribution in [0.4, 0.5) is 10.1 Å². The Hall–Kier alpha value is -1.13. The van der Waals surface area contributed by atoms with Crippen LogP contribution in [0.2, 0.25) is 0 Å². The van der Waals surface area contributed by atoms with Crippen molar-refractivity contribution < 1.29 is 9.13 Å². The van der Waals surface area contributed by atoms with Crippen molar-refractivity contribution >= 4 is 5.69 Å². The van der Waals surface area contributed by atoms with Crippen LogP contribution in [-0.4, -0.2) is 31.7 Å². The van der Waals surface area contributed by atoms with Crippen LogP contribution < -0.4 is 5.73 Å². The summed E-state index contributed by atoms with van der Waals surface area (Å²) in [6, 6.07) is 4.96. The van der Waals surface area contributed by atoms with Gasteiger partial charge in [0.15, 0.2) is 0 Å². The predicted octanol–water partition coefficient (Wildman–Crippen LogP) is 2.51. The van der Waals surface area contributed by atoms with E-state index in [0.717, 1.165) is 18.7 Å². The molecule has 0 bridgehead atoms. The van der Waals surface area contributed by atoms with Gasteiger partial charge in [0.25, 0.3) is 0 Å². The van der Waals surface area contributed by atoms with Crippen molar-refractivity contribution in [1.29, 1.82) is 0 Å². The Balaban J connectivity index is 2.72. The summed E-state index contributed by atoms with van der Waals surface area (Å²) < 4.78 is 18.5. The van der Waals surface area contributed by atoms with Gasteiger partial charge in [0.05, 0.1) is 12.3 Å². The lowest BCUT2D eigenvalue weighted by Crippen LogP contribution is -2.31. The minimum absolute atomic E-state index is 0.253. The van der Waals surface area contributed by atoms with E-state index in [0.29, 0.717) is 19.1 Å². The number of nitrogen functional groups attached to an aromatic ring is 1. The molecule has 2 N–H and O–H groups in total. The van der Waals surface area contributed by atoms with Crippen LogP contribution in [0.15, 0.2) is 18.2 Å². The summed E-state index contributed by atoms with van der Waals surface area (Å²) in [7, 11) is 1.68. The van der Waals surface area contributed by atoms with E-state index in [1.165, 1.54) is 6.07 Å². The van der Waals surface area contributed by atoms with E-state index in [1.807, 2.05) is 6.07 Å². The van der Waals surface area contributed by atoms with Crippen molar-refractivity contribution in [2.45, 2.75) is 20.4 Å². The van der Waals surface area contributed by atoms with E-state index in [1.54, 1.807) is 13.2 Å². The maximum atomic E-state index is 13.4. The van der Waals surface area contributed by atoms with Gasteiger partial charge in [-0.3, -0.25) is 4.90 Å². The van der Waals surface area contributed by atoms with E-state index in [9.17, 15) is 4.39 Å². The standard InChI is InChI=1S/C14H23FN2O/c1-11(2)9-17(7-8-18-3)10-12-5-4-6-13(15)14(12)16/h4-6,11H,7-10,16H2,1-3H3. The van der Waals surface area contributed by atoms with Crippen LogP contribution in [-0.2, 0) is 11.3 Å². The van der Waals surface area contributed by atoms with Gasteiger partial charge in [-0.1, -0.05) is 26.0 Å². The third kappa shape index (κ3) is 4.63. The second-order valence-electron chi connectivity index (χ2n) is 4.93. The van der Waals surface area contributed by atoms with Crippen molar-refractivity contribution in [3.05, 3.63) is 29.6 Å². The first kappa shape index (κ1) is 14.9. The van der Waals surface area contributed by atoms with Gasteiger partial charge in [0.1, 0.15) is 5.82 Å². The van der Waals surface area contributed by atoms with Crippen LogP contribution in [0.5, 0.6) is 0 Å². The first-order valence-corrected chi connectivity index (χ1v) is 6.28. The molecule has 18 heavy (non-hydrogen) atoms. The van der Waals surface area contributed by atoms with Crippen molar-refractivity contribution in [1.82, 2.24) is 4.90 Å². The molecule has 0 spiro atoms. The van der Waals surface area contributed by atoms with Crippen LogP contribution in [0.3, 0.4) is 0 Å². The third-order valence-corrected chi connectivity index (χ3v) is 2.77. The summed E-state index contributed by atoms with van der Waals surface area (Å²) in [5, 5.41) is 0. The number of methoxy groups -OCH3 is 1. The molecule has 0 aliphatic heterocycles. The van der Waals surface area contributed by atoms with Crippen LogP contribution in [0.25, 0.3) is 0 Å². The summed E-state index contributed by atoms with van der Waals surface area (Å²) >= 11 is 0. The summed E-state index contributed by atoms with van der Waals surface area (Å²) in [4.78, 5) is 2.24. The first-order valence-electron chi connectivity index (χ1n) is 6.28. The van der Waals surface area contributed by atoms with Gasteiger partial charge in [-0.15, -0.1) is 0 Å². The average molecular weight is 254 g/mol. The number of anilines is 1. The summed E-state index contributed by atoms with van der Waals surface area (Å²) in [5.74, 6) is 0.209. The number of nitrogens with zero attached hydrogens (tertiary/aromatic N) is 1. The molecule has 1 rings (SSSR count). The zero-order chi connectivity index (χ0) is 13.5. The maximum Gasteiger partial charge on any atom is 0.146 e. The van der Waals surface area contributed by atoms with Crippen molar-refractivity contribution in [3.63, 3.8) is 0 Å². The van der Waals surface area contributed by atoms with Gasteiger partial charge in [0, 0.05) is 26.7 Å². The number of hydrogen-bond donors (Lipinski definition) is 1. The molecular weight excluding hydrogens is 231 g/mol. The normalized spacial score (nSPS) is 11.4. The van der Waals surface area contributed by atoms with Crippen molar-refractivity contribution in [2.75, 3.05) is 32.5 Å². The number of nitrogens with two attached hydrogens (primary N) is 1. The molecule has 102 valence electrons. The Morgan fingerprint density at radius 3 is 2.72 bits per heavy atom. The lowest BCUT2D eigenvalue weighted by molar-refractivity contribution is 0.136. The first-order chi connectivity index (χ1) is 8.54. The molecule has 1 aromatic carbocycles. The molecule has 0 amide bonds. The van der Waals surface area contributed by atoms with Crippen LogP contribution in [0.1, 0.15) is 19.4 Å². The highest BCUT2D eigenvalue weighted by atomic mass is 19.1. The van der Waals surface area contributed by atoms with Gasteiger partial charge in [-0.05, 0) is 17.5 Å². The number of para-hydroxylation sites is 1. The Labute approximate surface area is 109 Å². The number of hydrogen-bond acceptors (Lipinski definition) is 3. The molecule has 0 unspecified atom stereocenters. The Morgan fingerprint density at radius 1 is 1.39 bits per heavy atom. The van der Waals surface area contributed by atoms with Gasteiger partial charge in [0.2, 0.25) is 0 Å². The number of rotatable bonds is 7. The monoisotopic (exact) mass is 254 g/mol. The molecule has 4 heteroatoms. The Morgan fingerprint density at radius 2 is 2.11 bits per heavy atom.